The molecule has 1 aromatic heterocycles. The van der Waals surface area contributed by atoms with Crippen molar-refractivity contribution in [1.82, 2.24) is 9.97 Å². The van der Waals surface area contributed by atoms with Gasteiger partial charge in [-0.05, 0) is 45.4 Å². The van der Waals surface area contributed by atoms with Gasteiger partial charge >= 0.3 is 0 Å². The van der Waals surface area contributed by atoms with E-state index in [-0.39, 0.29) is 0 Å². The van der Waals surface area contributed by atoms with Crippen LogP contribution in [0, 0.1) is 13.8 Å². The zero-order valence-electron chi connectivity index (χ0n) is 14.0. The van der Waals surface area contributed by atoms with Gasteiger partial charge in [0.1, 0.15) is 11.6 Å². The highest BCUT2D eigenvalue weighted by Gasteiger charge is 2.10. The van der Waals surface area contributed by atoms with E-state index >= 15 is 0 Å². The predicted octanol–water partition coefficient (Wildman–Crippen LogP) is 3.69. The summed E-state index contributed by atoms with van der Waals surface area (Å²) in [7, 11) is 1.66. The van der Waals surface area contributed by atoms with Crippen LogP contribution in [-0.2, 0) is 0 Å². The molecule has 0 saturated carbocycles. The van der Waals surface area contributed by atoms with Gasteiger partial charge < -0.3 is 15.0 Å². The van der Waals surface area contributed by atoms with Crippen LogP contribution in [0.15, 0.2) is 24.3 Å². The number of ether oxygens (including phenoxy) is 1. The van der Waals surface area contributed by atoms with Crippen LogP contribution in [0.3, 0.4) is 0 Å². The SMILES string of the molecule is CCN(CC)c1cc(C)nc(Nc2cc(C)ccc2OC)n1. The van der Waals surface area contributed by atoms with E-state index in [0.717, 1.165) is 41.6 Å². The van der Waals surface area contributed by atoms with Crippen molar-refractivity contribution in [3.8, 4) is 5.75 Å². The van der Waals surface area contributed by atoms with Crippen LogP contribution in [0.5, 0.6) is 5.75 Å². The van der Waals surface area contributed by atoms with E-state index in [1.165, 1.54) is 0 Å². The molecule has 0 unspecified atom stereocenters. The summed E-state index contributed by atoms with van der Waals surface area (Å²) in [5, 5.41) is 3.27. The molecule has 0 aliphatic rings. The summed E-state index contributed by atoms with van der Waals surface area (Å²) in [5.41, 5.74) is 2.96. The third-order valence-corrected chi connectivity index (χ3v) is 3.53. The molecule has 0 aliphatic heterocycles. The second-order valence-electron chi connectivity index (χ2n) is 5.19. The molecule has 0 fully saturated rings. The van der Waals surface area contributed by atoms with Crippen molar-refractivity contribution in [3.63, 3.8) is 0 Å². The molecule has 2 rings (SSSR count). The smallest absolute Gasteiger partial charge is 0.229 e. The summed E-state index contributed by atoms with van der Waals surface area (Å²) in [6, 6.07) is 7.99. The Bertz CT molecular complexity index is 639. The zero-order chi connectivity index (χ0) is 16.1. The highest BCUT2D eigenvalue weighted by Crippen LogP contribution is 2.28. The summed E-state index contributed by atoms with van der Waals surface area (Å²) in [4.78, 5) is 11.3. The number of aromatic nitrogens is 2. The maximum absolute atomic E-state index is 5.39. The summed E-state index contributed by atoms with van der Waals surface area (Å²) in [5.74, 6) is 2.30. The van der Waals surface area contributed by atoms with E-state index in [2.05, 4.69) is 34.0 Å². The lowest BCUT2D eigenvalue weighted by molar-refractivity contribution is 0.416. The molecule has 0 saturated heterocycles. The quantitative estimate of drug-likeness (QED) is 0.881. The molecule has 5 heteroatoms. The molecule has 0 radical (unpaired) electrons. The van der Waals surface area contributed by atoms with Crippen molar-refractivity contribution in [2.75, 3.05) is 30.4 Å². The predicted molar refractivity (Wildman–Crippen MR) is 91.3 cm³/mol. The van der Waals surface area contributed by atoms with E-state index in [1.54, 1.807) is 7.11 Å². The Morgan fingerprint density at radius 1 is 1.09 bits per heavy atom. The number of benzene rings is 1. The minimum atomic E-state index is 0.589. The fraction of sp³-hybridized carbons (Fsp3) is 0.412. The lowest BCUT2D eigenvalue weighted by Gasteiger charge is -2.21. The van der Waals surface area contributed by atoms with Crippen LogP contribution in [0.1, 0.15) is 25.1 Å². The van der Waals surface area contributed by atoms with Crippen molar-refractivity contribution in [2.24, 2.45) is 0 Å². The lowest BCUT2D eigenvalue weighted by Crippen LogP contribution is -2.23. The topological polar surface area (TPSA) is 50.3 Å². The highest BCUT2D eigenvalue weighted by atomic mass is 16.5. The summed E-state index contributed by atoms with van der Waals surface area (Å²) >= 11 is 0. The maximum Gasteiger partial charge on any atom is 0.229 e. The fourth-order valence-corrected chi connectivity index (χ4v) is 2.36. The van der Waals surface area contributed by atoms with Crippen molar-refractivity contribution in [3.05, 3.63) is 35.5 Å². The van der Waals surface area contributed by atoms with Crippen LogP contribution >= 0.6 is 0 Å². The van der Waals surface area contributed by atoms with Crippen molar-refractivity contribution >= 4 is 17.5 Å². The number of hydrogen-bond donors (Lipinski definition) is 1. The number of rotatable bonds is 6. The Morgan fingerprint density at radius 3 is 2.45 bits per heavy atom. The van der Waals surface area contributed by atoms with Gasteiger partial charge in [-0.1, -0.05) is 6.07 Å². The van der Waals surface area contributed by atoms with E-state index in [1.807, 2.05) is 38.1 Å². The molecule has 1 heterocycles. The number of hydrogen-bond acceptors (Lipinski definition) is 5. The Hall–Kier alpha value is -2.30. The van der Waals surface area contributed by atoms with Crippen molar-refractivity contribution in [1.29, 1.82) is 0 Å². The number of methoxy groups -OCH3 is 1. The molecular weight excluding hydrogens is 276 g/mol. The minimum absolute atomic E-state index is 0.589. The van der Waals surface area contributed by atoms with E-state index < -0.39 is 0 Å². The fourth-order valence-electron chi connectivity index (χ4n) is 2.36. The van der Waals surface area contributed by atoms with Gasteiger partial charge in [-0.3, -0.25) is 0 Å². The molecule has 1 N–H and O–H groups in total. The Labute approximate surface area is 132 Å². The van der Waals surface area contributed by atoms with Crippen molar-refractivity contribution < 1.29 is 4.74 Å². The number of nitrogens with zero attached hydrogens (tertiary/aromatic N) is 3. The normalized spacial score (nSPS) is 10.4. The van der Waals surface area contributed by atoms with Crippen LogP contribution in [0.4, 0.5) is 17.5 Å². The van der Waals surface area contributed by atoms with Crippen LogP contribution in [-0.4, -0.2) is 30.2 Å². The first-order chi connectivity index (χ1) is 10.6. The highest BCUT2D eigenvalue weighted by molar-refractivity contribution is 5.64. The van der Waals surface area contributed by atoms with Crippen LogP contribution < -0.4 is 15.0 Å². The molecular formula is C17H24N4O. The van der Waals surface area contributed by atoms with Gasteiger partial charge in [-0.2, -0.15) is 4.98 Å². The average Bonchev–Trinajstić information content (AvgIpc) is 2.48. The largest absolute Gasteiger partial charge is 0.495 e. The number of anilines is 3. The molecule has 0 spiro atoms. The zero-order valence-corrected chi connectivity index (χ0v) is 14.0. The number of nitrogens with one attached hydrogen (secondary N) is 1. The standard InChI is InChI=1S/C17H24N4O/c1-6-21(7-2)16-11-13(4)18-17(20-16)19-14-10-12(3)8-9-15(14)22-5/h8-11H,6-7H2,1-5H3,(H,18,19,20). The summed E-state index contributed by atoms with van der Waals surface area (Å²) < 4.78 is 5.39. The number of aryl methyl sites for hydroxylation is 2. The van der Waals surface area contributed by atoms with Gasteiger partial charge in [-0.15, -0.1) is 0 Å². The monoisotopic (exact) mass is 300 g/mol. The van der Waals surface area contributed by atoms with Gasteiger partial charge in [-0.25, -0.2) is 4.98 Å². The molecule has 22 heavy (non-hydrogen) atoms. The molecule has 0 aliphatic carbocycles. The first kappa shape index (κ1) is 16.1. The lowest BCUT2D eigenvalue weighted by atomic mass is 10.2. The van der Waals surface area contributed by atoms with Gasteiger partial charge in [0.05, 0.1) is 12.8 Å². The minimum Gasteiger partial charge on any atom is -0.495 e. The van der Waals surface area contributed by atoms with Gasteiger partial charge in [0, 0.05) is 24.8 Å². The molecule has 0 atom stereocenters. The Kier molecular flexibility index (Phi) is 5.20. The molecule has 5 nitrogen and oxygen atoms in total. The Morgan fingerprint density at radius 2 is 1.82 bits per heavy atom. The van der Waals surface area contributed by atoms with E-state index in [4.69, 9.17) is 4.74 Å². The second kappa shape index (κ2) is 7.11. The van der Waals surface area contributed by atoms with Crippen molar-refractivity contribution in [2.45, 2.75) is 27.7 Å². The van der Waals surface area contributed by atoms with Crippen LogP contribution in [0.2, 0.25) is 0 Å². The Balaban J connectivity index is 2.35. The first-order valence-electron chi connectivity index (χ1n) is 7.59. The van der Waals surface area contributed by atoms with Gasteiger partial charge in [0.15, 0.2) is 0 Å². The van der Waals surface area contributed by atoms with Gasteiger partial charge in [0.2, 0.25) is 5.95 Å². The molecule has 0 amide bonds. The molecule has 2 aromatic rings. The average molecular weight is 300 g/mol. The van der Waals surface area contributed by atoms with Crippen LogP contribution in [0.25, 0.3) is 0 Å². The summed E-state index contributed by atoms with van der Waals surface area (Å²) in [6.07, 6.45) is 0. The maximum atomic E-state index is 5.39. The molecule has 118 valence electrons. The van der Waals surface area contributed by atoms with E-state index in [0.29, 0.717) is 5.95 Å². The summed E-state index contributed by atoms with van der Waals surface area (Å²) in [6.45, 7) is 10.1. The third kappa shape index (κ3) is 3.67. The first-order valence-corrected chi connectivity index (χ1v) is 7.59. The molecule has 1 aromatic carbocycles. The second-order valence-corrected chi connectivity index (χ2v) is 5.19. The molecule has 0 bridgehead atoms. The van der Waals surface area contributed by atoms with Gasteiger partial charge in [0.25, 0.3) is 0 Å². The third-order valence-electron chi connectivity index (χ3n) is 3.53. The van der Waals surface area contributed by atoms with E-state index in [9.17, 15) is 0 Å².